The Morgan fingerprint density at radius 3 is 2.34 bits per heavy atom. The van der Waals surface area contributed by atoms with Crippen molar-refractivity contribution in [2.45, 2.75) is 6.92 Å². The quantitative estimate of drug-likeness (QED) is 0.545. The predicted molar refractivity (Wildman–Crippen MR) is 115 cm³/mol. The van der Waals surface area contributed by atoms with Crippen LogP contribution in [-0.2, 0) is 4.79 Å². The number of anilines is 1. The Balaban J connectivity index is 2.02. The van der Waals surface area contributed by atoms with Crippen molar-refractivity contribution in [1.29, 1.82) is 0 Å². The van der Waals surface area contributed by atoms with Crippen molar-refractivity contribution < 1.29 is 29.3 Å². The first-order valence-electron chi connectivity index (χ1n) is 8.33. The highest BCUT2D eigenvalue weighted by Gasteiger charge is 2.34. The number of phenolic OH excluding ortho intramolecular Hbond substituents is 1. The topological polar surface area (TPSA) is 96.3 Å². The van der Waals surface area contributed by atoms with Gasteiger partial charge in [-0.1, -0.05) is 30.0 Å². The van der Waals surface area contributed by atoms with Gasteiger partial charge in [-0.05, 0) is 48.4 Å². The van der Waals surface area contributed by atoms with Gasteiger partial charge in [0.2, 0.25) is 5.75 Å². The molecule has 0 atom stereocenters. The van der Waals surface area contributed by atoms with Crippen molar-refractivity contribution in [3.63, 3.8) is 0 Å². The lowest BCUT2D eigenvalue weighted by Crippen LogP contribution is -2.28. The third-order valence-electron chi connectivity index (χ3n) is 4.29. The summed E-state index contributed by atoms with van der Waals surface area (Å²) < 4.78 is 10.6. The molecule has 1 amide bonds. The van der Waals surface area contributed by atoms with E-state index in [1.807, 2.05) is 0 Å². The summed E-state index contributed by atoms with van der Waals surface area (Å²) in [5.41, 5.74) is 1.79. The molecular formula is C20H17NO6S2. The molecule has 0 unspecified atom stereocenters. The van der Waals surface area contributed by atoms with Crippen LogP contribution in [0.4, 0.5) is 5.69 Å². The van der Waals surface area contributed by atoms with Gasteiger partial charge in [-0.25, -0.2) is 4.79 Å². The largest absolute Gasteiger partial charge is 0.502 e. The van der Waals surface area contributed by atoms with Gasteiger partial charge in [0.25, 0.3) is 5.91 Å². The van der Waals surface area contributed by atoms with Crippen molar-refractivity contribution in [2.24, 2.45) is 0 Å². The molecule has 0 bridgehead atoms. The van der Waals surface area contributed by atoms with Gasteiger partial charge in [-0.3, -0.25) is 9.69 Å². The van der Waals surface area contributed by atoms with E-state index in [2.05, 4.69) is 0 Å². The van der Waals surface area contributed by atoms with Gasteiger partial charge in [0.05, 0.1) is 30.4 Å². The van der Waals surface area contributed by atoms with Crippen LogP contribution >= 0.6 is 24.0 Å². The summed E-state index contributed by atoms with van der Waals surface area (Å²) >= 11 is 6.47. The lowest BCUT2D eigenvalue weighted by Gasteiger charge is -2.17. The van der Waals surface area contributed by atoms with Crippen LogP contribution in [0.25, 0.3) is 6.08 Å². The van der Waals surface area contributed by atoms with Crippen molar-refractivity contribution in [3.05, 3.63) is 51.9 Å². The number of thiocarbonyl (C=S) groups is 1. The number of amides is 1. The minimum atomic E-state index is -1.09. The zero-order valence-corrected chi connectivity index (χ0v) is 17.4. The predicted octanol–water partition coefficient (Wildman–Crippen LogP) is 3.82. The summed E-state index contributed by atoms with van der Waals surface area (Å²) in [5, 5.41) is 19.3. The molecule has 1 aliphatic rings. The van der Waals surface area contributed by atoms with Gasteiger partial charge in [0, 0.05) is 0 Å². The van der Waals surface area contributed by atoms with E-state index in [0.29, 0.717) is 20.5 Å². The van der Waals surface area contributed by atoms with Crippen LogP contribution in [-0.4, -0.2) is 40.6 Å². The molecule has 0 aliphatic carbocycles. The number of nitrogens with zero attached hydrogens (tertiary/aromatic N) is 1. The Bertz CT molecular complexity index is 1040. The second-order valence-electron chi connectivity index (χ2n) is 6.10. The lowest BCUT2D eigenvalue weighted by atomic mass is 10.1. The van der Waals surface area contributed by atoms with Crippen molar-refractivity contribution >= 4 is 51.9 Å². The highest BCUT2D eigenvalue weighted by molar-refractivity contribution is 8.27. The van der Waals surface area contributed by atoms with Crippen LogP contribution in [0.15, 0.2) is 35.2 Å². The van der Waals surface area contributed by atoms with Gasteiger partial charge in [0.1, 0.15) is 0 Å². The minimum Gasteiger partial charge on any atom is -0.502 e. The number of hydrogen-bond donors (Lipinski definition) is 2. The van der Waals surface area contributed by atoms with Crippen LogP contribution in [0.1, 0.15) is 21.5 Å². The number of ether oxygens (including phenoxy) is 2. The van der Waals surface area contributed by atoms with E-state index < -0.39 is 5.97 Å². The average Bonchev–Trinajstić information content (AvgIpc) is 2.96. The molecular weight excluding hydrogens is 414 g/mol. The SMILES string of the molecule is COc1cc(/C=C2\SC(=S)N(c3cc(C(=O)O)ccc3C)C2=O)cc(OC)c1O. The number of carboxylic acids is 1. The first-order chi connectivity index (χ1) is 13.8. The van der Waals surface area contributed by atoms with Gasteiger partial charge < -0.3 is 19.7 Å². The van der Waals surface area contributed by atoms with Crippen molar-refractivity contribution in [3.8, 4) is 17.2 Å². The Hall–Kier alpha value is -3.04. The summed E-state index contributed by atoms with van der Waals surface area (Å²) in [6.45, 7) is 1.78. The van der Waals surface area contributed by atoms with E-state index in [1.165, 1.54) is 31.3 Å². The molecule has 2 aromatic carbocycles. The molecule has 1 saturated heterocycles. The molecule has 2 aromatic rings. The van der Waals surface area contributed by atoms with E-state index >= 15 is 0 Å². The van der Waals surface area contributed by atoms with E-state index in [1.54, 1.807) is 31.2 Å². The molecule has 0 spiro atoms. The summed E-state index contributed by atoms with van der Waals surface area (Å²) in [7, 11) is 2.83. The number of benzene rings is 2. The number of methoxy groups -OCH3 is 2. The number of aromatic hydroxyl groups is 1. The molecule has 7 nitrogen and oxygen atoms in total. The molecule has 3 rings (SSSR count). The highest BCUT2D eigenvalue weighted by atomic mass is 32.2. The number of thioether (sulfide) groups is 1. The van der Waals surface area contributed by atoms with Crippen LogP contribution < -0.4 is 14.4 Å². The molecule has 1 aliphatic heterocycles. The Morgan fingerprint density at radius 1 is 1.17 bits per heavy atom. The fourth-order valence-corrected chi connectivity index (χ4v) is 4.09. The summed E-state index contributed by atoms with van der Waals surface area (Å²) in [6, 6.07) is 7.68. The monoisotopic (exact) mass is 431 g/mol. The van der Waals surface area contributed by atoms with E-state index in [9.17, 15) is 19.8 Å². The number of carbonyl (C=O) groups excluding carboxylic acids is 1. The summed E-state index contributed by atoms with van der Waals surface area (Å²) in [6.07, 6.45) is 1.61. The molecule has 29 heavy (non-hydrogen) atoms. The molecule has 0 aromatic heterocycles. The number of aromatic carboxylic acids is 1. The van der Waals surface area contributed by atoms with E-state index in [0.717, 1.165) is 17.3 Å². The third kappa shape index (κ3) is 3.92. The van der Waals surface area contributed by atoms with Gasteiger partial charge >= 0.3 is 5.97 Å². The Morgan fingerprint density at radius 2 is 1.79 bits per heavy atom. The third-order valence-corrected chi connectivity index (χ3v) is 5.59. The second kappa shape index (κ2) is 8.14. The van der Waals surface area contributed by atoms with Gasteiger partial charge in [-0.15, -0.1) is 0 Å². The average molecular weight is 431 g/mol. The fraction of sp³-hybridized carbons (Fsp3) is 0.150. The first kappa shape index (κ1) is 20.7. The zero-order valence-electron chi connectivity index (χ0n) is 15.8. The Labute approximate surface area is 176 Å². The van der Waals surface area contributed by atoms with Crippen LogP contribution in [0.5, 0.6) is 17.2 Å². The van der Waals surface area contributed by atoms with E-state index in [4.69, 9.17) is 21.7 Å². The molecule has 1 heterocycles. The zero-order chi connectivity index (χ0) is 21.3. The Kier molecular flexibility index (Phi) is 5.81. The number of carboxylic acid groups (broad SMARTS) is 1. The standard InChI is InChI=1S/C20H17NO6S2/c1-10-4-5-12(19(24)25)9-13(10)21-18(23)16(29-20(21)28)8-11-6-14(26-2)17(22)15(7-11)27-3/h4-9,22H,1-3H3,(H,24,25)/b16-8-. The maximum atomic E-state index is 13.0. The minimum absolute atomic E-state index is 0.0663. The van der Waals surface area contributed by atoms with Crippen LogP contribution in [0.2, 0.25) is 0 Å². The highest BCUT2D eigenvalue weighted by Crippen LogP contribution is 2.41. The fourth-order valence-electron chi connectivity index (χ4n) is 2.81. The van der Waals surface area contributed by atoms with Crippen LogP contribution in [0, 0.1) is 6.92 Å². The number of carbonyl (C=O) groups is 2. The summed E-state index contributed by atoms with van der Waals surface area (Å²) in [4.78, 5) is 26.0. The number of rotatable bonds is 5. The van der Waals surface area contributed by atoms with Crippen molar-refractivity contribution in [2.75, 3.05) is 19.1 Å². The molecule has 2 N–H and O–H groups in total. The number of aryl methyl sites for hydroxylation is 1. The van der Waals surface area contributed by atoms with Crippen molar-refractivity contribution in [1.82, 2.24) is 0 Å². The first-order valence-corrected chi connectivity index (χ1v) is 9.56. The number of hydrogen-bond acceptors (Lipinski definition) is 7. The van der Waals surface area contributed by atoms with Crippen LogP contribution in [0.3, 0.4) is 0 Å². The normalized spacial score (nSPS) is 15.1. The maximum absolute atomic E-state index is 13.0. The molecule has 150 valence electrons. The molecule has 0 saturated carbocycles. The number of phenols is 1. The molecule has 9 heteroatoms. The lowest BCUT2D eigenvalue weighted by molar-refractivity contribution is -0.113. The molecule has 1 fully saturated rings. The molecule has 0 radical (unpaired) electrons. The van der Waals surface area contributed by atoms with Gasteiger partial charge in [-0.2, -0.15) is 0 Å². The maximum Gasteiger partial charge on any atom is 0.335 e. The second-order valence-corrected chi connectivity index (χ2v) is 7.77. The smallest absolute Gasteiger partial charge is 0.335 e. The van der Waals surface area contributed by atoms with E-state index in [-0.39, 0.29) is 28.7 Å². The van der Waals surface area contributed by atoms with Gasteiger partial charge in [0.15, 0.2) is 15.8 Å². The summed E-state index contributed by atoms with van der Waals surface area (Å²) in [5.74, 6) is -1.18.